The molecule has 0 saturated heterocycles. The first-order chi connectivity index (χ1) is 10.1. The maximum absolute atomic E-state index is 12.9. The molecule has 0 bridgehead atoms. The number of hydrogen-bond donors (Lipinski definition) is 1. The zero-order valence-electron chi connectivity index (χ0n) is 13.3. The van der Waals surface area contributed by atoms with E-state index in [0.29, 0.717) is 6.04 Å². The van der Waals surface area contributed by atoms with E-state index in [0.717, 1.165) is 44.5 Å². The molecule has 2 aliphatic rings. The second kappa shape index (κ2) is 5.93. The van der Waals surface area contributed by atoms with E-state index in [9.17, 15) is 4.79 Å². The van der Waals surface area contributed by atoms with Gasteiger partial charge in [-0.15, -0.1) is 0 Å². The summed E-state index contributed by atoms with van der Waals surface area (Å²) in [5.41, 5.74) is 9.61. The Labute approximate surface area is 126 Å². The molecule has 4 heteroatoms. The fraction of sp³-hybridized carbons (Fsp3) is 0.706. The van der Waals surface area contributed by atoms with E-state index in [4.69, 9.17) is 5.73 Å². The highest BCUT2D eigenvalue weighted by Crippen LogP contribution is 2.32. The fourth-order valence-electron chi connectivity index (χ4n) is 3.90. The molecule has 2 N–H and O–H groups in total. The first kappa shape index (κ1) is 14.8. The van der Waals surface area contributed by atoms with Crippen LogP contribution in [0.2, 0.25) is 0 Å². The third-order valence-corrected chi connectivity index (χ3v) is 5.14. The van der Waals surface area contributed by atoms with Crippen LogP contribution >= 0.6 is 0 Å². The first-order valence-corrected chi connectivity index (χ1v) is 8.37. The Morgan fingerprint density at radius 2 is 2.10 bits per heavy atom. The van der Waals surface area contributed by atoms with Gasteiger partial charge in [-0.05, 0) is 37.9 Å². The van der Waals surface area contributed by atoms with E-state index < -0.39 is 0 Å². The zero-order chi connectivity index (χ0) is 15.0. The molecule has 4 nitrogen and oxygen atoms in total. The van der Waals surface area contributed by atoms with Crippen LogP contribution in [-0.4, -0.2) is 22.6 Å². The topological polar surface area (TPSA) is 51.3 Å². The van der Waals surface area contributed by atoms with Crippen LogP contribution in [0.1, 0.15) is 68.4 Å². The molecule has 0 radical (unpaired) electrons. The van der Waals surface area contributed by atoms with Crippen LogP contribution in [0.15, 0.2) is 10.9 Å². The first-order valence-electron chi connectivity index (χ1n) is 8.37. The average molecular weight is 289 g/mol. The summed E-state index contributed by atoms with van der Waals surface area (Å²) in [5, 5.41) is 0. The van der Waals surface area contributed by atoms with Crippen LogP contribution in [0.5, 0.6) is 0 Å². The molecule has 1 aromatic heterocycles. The average Bonchev–Trinajstić information content (AvgIpc) is 2.99. The van der Waals surface area contributed by atoms with Crippen LogP contribution in [0.25, 0.3) is 0 Å². The molecule has 3 rings (SSSR count). The molecule has 2 heterocycles. The van der Waals surface area contributed by atoms with E-state index in [-0.39, 0.29) is 11.6 Å². The number of nitrogens with two attached hydrogens (primary N) is 1. The van der Waals surface area contributed by atoms with Gasteiger partial charge >= 0.3 is 0 Å². The van der Waals surface area contributed by atoms with Crippen molar-refractivity contribution in [2.45, 2.75) is 64.6 Å². The number of nitrogens with zero attached hydrogens (tertiary/aromatic N) is 2. The normalized spacial score (nSPS) is 21.5. The van der Waals surface area contributed by atoms with Crippen molar-refractivity contribution in [2.75, 3.05) is 13.1 Å². The monoisotopic (exact) mass is 289 g/mol. The summed E-state index contributed by atoms with van der Waals surface area (Å²) < 4.78 is 2.12. The predicted molar refractivity (Wildman–Crippen MR) is 85.5 cm³/mol. The Balaban J connectivity index is 2.12. The molecule has 0 spiro atoms. The van der Waals surface area contributed by atoms with Crippen molar-refractivity contribution in [1.82, 2.24) is 9.47 Å². The second-order valence-corrected chi connectivity index (χ2v) is 6.59. The number of pyridine rings is 1. The fourth-order valence-corrected chi connectivity index (χ4v) is 3.90. The molecular formula is C17H27N3O. The van der Waals surface area contributed by atoms with Crippen LogP contribution in [0.4, 0.5) is 0 Å². The summed E-state index contributed by atoms with van der Waals surface area (Å²) in [6, 6.07) is 2.29. The highest BCUT2D eigenvalue weighted by Gasteiger charge is 2.27. The lowest BCUT2D eigenvalue weighted by Gasteiger charge is -2.32. The summed E-state index contributed by atoms with van der Waals surface area (Å²) in [5.74, 6) is 0. The van der Waals surface area contributed by atoms with Crippen molar-refractivity contribution in [3.05, 3.63) is 33.2 Å². The molecule has 1 aliphatic carbocycles. The van der Waals surface area contributed by atoms with Crippen molar-refractivity contribution in [3.8, 4) is 0 Å². The maximum atomic E-state index is 12.9. The minimum atomic E-state index is -0.188. The molecular weight excluding hydrogens is 262 g/mol. The van der Waals surface area contributed by atoms with Crippen molar-refractivity contribution in [2.24, 2.45) is 5.73 Å². The van der Waals surface area contributed by atoms with Gasteiger partial charge in [0.1, 0.15) is 0 Å². The summed E-state index contributed by atoms with van der Waals surface area (Å²) >= 11 is 0. The van der Waals surface area contributed by atoms with Gasteiger partial charge in [0.05, 0.1) is 0 Å². The molecule has 1 fully saturated rings. The van der Waals surface area contributed by atoms with Crippen molar-refractivity contribution in [1.29, 1.82) is 0 Å². The van der Waals surface area contributed by atoms with Gasteiger partial charge in [-0.25, -0.2) is 0 Å². The third kappa shape index (κ3) is 2.67. The lowest BCUT2D eigenvalue weighted by molar-refractivity contribution is 0.258. The van der Waals surface area contributed by atoms with Gasteiger partial charge in [0.2, 0.25) is 0 Å². The second-order valence-electron chi connectivity index (χ2n) is 6.59. The molecule has 0 amide bonds. The Morgan fingerprint density at radius 3 is 2.71 bits per heavy atom. The quantitative estimate of drug-likeness (QED) is 0.929. The standard InChI is InChI=1S/C17H27N3O/c1-3-19-9-8-16-13(11-19)10-15(12(2)18)17(21)20(16)14-6-4-5-7-14/h10,12,14H,3-9,11,18H2,1-2H3. The van der Waals surface area contributed by atoms with Crippen molar-refractivity contribution < 1.29 is 0 Å². The van der Waals surface area contributed by atoms with Crippen LogP contribution in [0.3, 0.4) is 0 Å². The highest BCUT2D eigenvalue weighted by atomic mass is 16.1. The summed E-state index contributed by atoms with van der Waals surface area (Å²) in [6.45, 7) is 7.20. The molecule has 1 aromatic rings. The van der Waals surface area contributed by atoms with E-state index in [1.807, 2.05) is 6.92 Å². The number of fused-ring (bicyclic) bond motifs is 1. The Bertz CT molecular complexity index is 570. The van der Waals surface area contributed by atoms with E-state index in [2.05, 4.69) is 22.5 Å². The summed E-state index contributed by atoms with van der Waals surface area (Å²) in [6.07, 6.45) is 5.78. The van der Waals surface area contributed by atoms with E-state index in [1.165, 1.54) is 24.1 Å². The van der Waals surface area contributed by atoms with Crippen molar-refractivity contribution in [3.63, 3.8) is 0 Å². The lowest BCUT2D eigenvalue weighted by atomic mass is 9.99. The number of likely N-dealkylation sites (N-methyl/N-ethyl adjacent to an activating group) is 1. The van der Waals surface area contributed by atoms with Gasteiger partial charge in [-0.1, -0.05) is 19.8 Å². The Morgan fingerprint density at radius 1 is 1.38 bits per heavy atom. The van der Waals surface area contributed by atoms with E-state index >= 15 is 0 Å². The number of aromatic nitrogens is 1. The predicted octanol–water partition coefficient (Wildman–Crippen LogP) is 2.36. The smallest absolute Gasteiger partial charge is 0.255 e. The molecule has 0 aromatic carbocycles. The minimum Gasteiger partial charge on any atom is -0.324 e. The maximum Gasteiger partial charge on any atom is 0.255 e. The van der Waals surface area contributed by atoms with Gasteiger partial charge in [0, 0.05) is 42.9 Å². The molecule has 1 saturated carbocycles. The lowest BCUT2D eigenvalue weighted by Crippen LogP contribution is -2.39. The number of rotatable bonds is 3. The summed E-state index contributed by atoms with van der Waals surface area (Å²) in [4.78, 5) is 15.3. The van der Waals surface area contributed by atoms with Gasteiger partial charge in [0.25, 0.3) is 5.56 Å². The summed E-state index contributed by atoms with van der Waals surface area (Å²) in [7, 11) is 0. The van der Waals surface area contributed by atoms with Crippen LogP contribution in [0, 0.1) is 0 Å². The Kier molecular flexibility index (Phi) is 4.18. The molecule has 1 unspecified atom stereocenters. The largest absolute Gasteiger partial charge is 0.324 e. The SMILES string of the molecule is CCN1CCc2c(cc(C(C)N)c(=O)n2C2CCCC2)C1. The molecule has 1 atom stereocenters. The van der Waals surface area contributed by atoms with Gasteiger partial charge in [-0.2, -0.15) is 0 Å². The van der Waals surface area contributed by atoms with Crippen LogP contribution in [-0.2, 0) is 13.0 Å². The minimum absolute atomic E-state index is 0.167. The zero-order valence-corrected chi connectivity index (χ0v) is 13.3. The van der Waals surface area contributed by atoms with Crippen LogP contribution < -0.4 is 11.3 Å². The molecule has 21 heavy (non-hydrogen) atoms. The molecule has 1 aliphatic heterocycles. The van der Waals surface area contributed by atoms with Crippen molar-refractivity contribution >= 4 is 0 Å². The Hall–Kier alpha value is -1.13. The van der Waals surface area contributed by atoms with Gasteiger partial charge < -0.3 is 10.3 Å². The molecule has 116 valence electrons. The highest BCUT2D eigenvalue weighted by molar-refractivity contribution is 5.31. The number of hydrogen-bond acceptors (Lipinski definition) is 3. The van der Waals surface area contributed by atoms with E-state index in [1.54, 1.807) is 0 Å². The third-order valence-electron chi connectivity index (χ3n) is 5.14. The van der Waals surface area contributed by atoms with Gasteiger partial charge in [0.15, 0.2) is 0 Å². The van der Waals surface area contributed by atoms with Gasteiger partial charge in [-0.3, -0.25) is 9.69 Å².